The number of hydrogen-bond acceptors (Lipinski definition) is 5. The first kappa shape index (κ1) is 23.5. The number of anilines is 1. The van der Waals surface area contributed by atoms with Crippen LogP contribution in [0.5, 0.6) is 11.5 Å². The number of carbonyl (C=O) groups is 1. The SMILES string of the molecule is CC[C@H](C(=O)NCCc1ccc(OC)c(OC)c1)N(c1cccc(C)c1)S(C)(=O)=O. The van der Waals surface area contributed by atoms with E-state index in [0.717, 1.165) is 17.4 Å². The van der Waals surface area contributed by atoms with Gasteiger partial charge in [0, 0.05) is 6.54 Å². The molecule has 0 unspecified atom stereocenters. The van der Waals surface area contributed by atoms with Crippen molar-refractivity contribution >= 4 is 21.6 Å². The minimum atomic E-state index is -3.64. The average molecular weight is 435 g/mol. The van der Waals surface area contributed by atoms with Gasteiger partial charge in [0.15, 0.2) is 11.5 Å². The molecule has 7 nitrogen and oxygen atoms in total. The molecule has 0 radical (unpaired) electrons. The van der Waals surface area contributed by atoms with Crippen LogP contribution >= 0.6 is 0 Å². The van der Waals surface area contributed by atoms with Crippen molar-refractivity contribution in [3.63, 3.8) is 0 Å². The predicted octanol–water partition coefficient (Wildman–Crippen LogP) is 2.92. The molecule has 2 rings (SSSR count). The van der Waals surface area contributed by atoms with Crippen LogP contribution in [0, 0.1) is 6.92 Å². The Kier molecular flexibility index (Phi) is 8.11. The monoisotopic (exact) mass is 434 g/mol. The average Bonchev–Trinajstić information content (AvgIpc) is 2.70. The third-order valence-corrected chi connectivity index (χ3v) is 5.93. The second-order valence-electron chi connectivity index (χ2n) is 7.05. The fourth-order valence-corrected chi connectivity index (χ4v) is 4.51. The highest BCUT2D eigenvalue weighted by Gasteiger charge is 2.31. The summed E-state index contributed by atoms with van der Waals surface area (Å²) in [7, 11) is -0.499. The number of nitrogens with zero attached hydrogens (tertiary/aromatic N) is 1. The van der Waals surface area contributed by atoms with E-state index in [1.165, 1.54) is 4.31 Å². The number of amides is 1. The molecule has 0 spiro atoms. The predicted molar refractivity (Wildman–Crippen MR) is 119 cm³/mol. The molecule has 30 heavy (non-hydrogen) atoms. The van der Waals surface area contributed by atoms with Gasteiger partial charge in [-0.05, 0) is 55.2 Å². The minimum absolute atomic E-state index is 0.329. The topological polar surface area (TPSA) is 84.9 Å². The normalized spacial score (nSPS) is 12.2. The van der Waals surface area contributed by atoms with Crippen molar-refractivity contribution in [3.8, 4) is 11.5 Å². The van der Waals surface area contributed by atoms with E-state index < -0.39 is 16.1 Å². The third-order valence-electron chi connectivity index (χ3n) is 4.75. The van der Waals surface area contributed by atoms with E-state index in [4.69, 9.17) is 9.47 Å². The molecule has 1 amide bonds. The van der Waals surface area contributed by atoms with Crippen molar-refractivity contribution in [1.82, 2.24) is 5.32 Å². The summed E-state index contributed by atoms with van der Waals surface area (Å²) in [4.78, 5) is 12.9. The highest BCUT2D eigenvalue weighted by molar-refractivity contribution is 7.92. The van der Waals surface area contributed by atoms with Crippen LogP contribution in [0.25, 0.3) is 0 Å². The molecule has 0 saturated carbocycles. The van der Waals surface area contributed by atoms with E-state index in [-0.39, 0.29) is 5.91 Å². The number of carbonyl (C=O) groups excluding carboxylic acids is 1. The van der Waals surface area contributed by atoms with Crippen LogP contribution < -0.4 is 19.1 Å². The number of aryl methyl sites for hydroxylation is 1. The fraction of sp³-hybridized carbons (Fsp3) is 0.409. The molecule has 0 fully saturated rings. The highest BCUT2D eigenvalue weighted by Crippen LogP contribution is 2.27. The van der Waals surface area contributed by atoms with Crippen LogP contribution in [-0.2, 0) is 21.2 Å². The Balaban J connectivity index is 2.13. The maximum absolute atomic E-state index is 12.9. The standard InChI is InChI=1S/C22H30N2O5S/c1-6-19(24(30(5,26)27)18-9-7-8-16(2)14-18)22(25)23-13-12-17-10-11-20(28-3)21(15-17)29-4/h7-11,14-15,19H,6,12-13H2,1-5H3,(H,23,25)/t19-/m1/s1. The lowest BCUT2D eigenvalue weighted by Crippen LogP contribution is -2.49. The van der Waals surface area contributed by atoms with Crippen LogP contribution in [0.1, 0.15) is 24.5 Å². The van der Waals surface area contributed by atoms with Crippen LogP contribution in [0.2, 0.25) is 0 Å². The lowest BCUT2D eigenvalue weighted by Gasteiger charge is -2.30. The maximum Gasteiger partial charge on any atom is 0.243 e. The Morgan fingerprint density at radius 3 is 2.37 bits per heavy atom. The number of rotatable bonds is 10. The zero-order chi connectivity index (χ0) is 22.3. The van der Waals surface area contributed by atoms with E-state index in [0.29, 0.717) is 36.6 Å². The molecule has 0 heterocycles. The molecule has 0 aliphatic carbocycles. The maximum atomic E-state index is 12.9. The Bertz CT molecular complexity index is 975. The Morgan fingerprint density at radius 2 is 1.80 bits per heavy atom. The molecule has 1 atom stereocenters. The molecule has 0 aromatic heterocycles. The number of hydrogen-bond donors (Lipinski definition) is 1. The fourth-order valence-electron chi connectivity index (χ4n) is 3.31. The van der Waals surface area contributed by atoms with Gasteiger partial charge in [-0.1, -0.05) is 25.1 Å². The first-order valence-electron chi connectivity index (χ1n) is 9.76. The van der Waals surface area contributed by atoms with Gasteiger partial charge in [-0.3, -0.25) is 9.10 Å². The van der Waals surface area contributed by atoms with Crippen LogP contribution in [-0.4, -0.2) is 47.4 Å². The van der Waals surface area contributed by atoms with Gasteiger partial charge >= 0.3 is 0 Å². The molecular formula is C22H30N2O5S. The first-order chi connectivity index (χ1) is 14.2. The zero-order valence-corrected chi connectivity index (χ0v) is 19.0. The van der Waals surface area contributed by atoms with Gasteiger partial charge in [-0.2, -0.15) is 0 Å². The quantitative estimate of drug-likeness (QED) is 0.622. The Labute approximate surface area is 179 Å². The summed E-state index contributed by atoms with van der Waals surface area (Å²) < 4.78 is 36.7. The van der Waals surface area contributed by atoms with E-state index in [2.05, 4.69) is 5.32 Å². The molecule has 8 heteroatoms. The number of ether oxygens (including phenoxy) is 2. The lowest BCUT2D eigenvalue weighted by atomic mass is 10.1. The minimum Gasteiger partial charge on any atom is -0.493 e. The number of nitrogens with one attached hydrogen (secondary N) is 1. The van der Waals surface area contributed by atoms with Crippen molar-refractivity contribution in [3.05, 3.63) is 53.6 Å². The number of methoxy groups -OCH3 is 2. The first-order valence-corrected chi connectivity index (χ1v) is 11.6. The summed E-state index contributed by atoms with van der Waals surface area (Å²) in [6.07, 6.45) is 2.05. The zero-order valence-electron chi connectivity index (χ0n) is 18.1. The van der Waals surface area contributed by atoms with Crippen LogP contribution in [0.3, 0.4) is 0 Å². The summed E-state index contributed by atoms with van der Waals surface area (Å²) in [5.41, 5.74) is 2.38. The van der Waals surface area contributed by atoms with Crippen LogP contribution in [0.15, 0.2) is 42.5 Å². The van der Waals surface area contributed by atoms with Crippen molar-refractivity contribution in [2.24, 2.45) is 0 Å². The molecule has 0 saturated heterocycles. The molecule has 1 N–H and O–H groups in total. The largest absolute Gasteiger partial charge is 0.493 e. The second kappa shape index (κ2) is 10.3. The summed E-state index contributed by atoms with van der Waals surface area (Å²) in [6.45, 7) is 4.05. The van der Waals surface area contributed by atoms with Crippen molar-refractivity contribution < 1.29 is 22.7 Å². The van der Waals surface area contributed by atoms with E-state index in [1.54, 1.807) is 39.3 Å². The van der Waals surface area contributed by atoms with Gasteiger partial charge in [0.25, 0.3) is 0 Å². The van der Waals surface area contributed by atoms with Gasteiger partial charge in [0.2, 0.25) is 15.9 Å². The third kappa shape index (κ3) is 5.89. The van der Waals surface area contributed by atoms with Crippen molar-refractivity contribution in [1.29, 1.82) is 0 Å². The van der Waals surface area contributed by atoms with Gasteiger partial charge in [-0.15, -0.1) is 0 Å². The number of benzene rings is 2. The molecule has 2 aromatic rings. The molecule has 0 bridgehead atoms. The molecule has 0 aliphatic heterocycles. The van der Waals surface area contributed by atoms with Gasteiger partial charge < -0.3 is 14.8 Å². The van der Waals surface area contributed by atoms with Gasteiger partial charge in [0.1, 0.15) is 6.04 Å². The molecule has 2 aromatic carbocycles. The lowest BCUT2D eigenvalue weighted by molar-refractivity contribution is -0.122. The molecular weight excluding hydrogens is 404 g/mol. The van der Waals surface area contributed by atoms with Crippen molar-refractivity contribution in [2.75, 3.05) is 31.3 Å². The summed E-state index contributed by atoms with van der Waals surface area (Å²) in [6, 6.07) is 11.9. The van der Waals surface area contributed by atoms with Crippen molar-refractivity contribution in [2.45, 2.75) is 32.7 Å². The summed E-state index contributed by atoms with van der Waals surface area (Å²) in [5, 5.41) is 2.87. The molecule has 164 valence electrons. The Morgan fingerprint density at radius 1 is 1.10 bits per heavy atom. The summed E-state index contributed by atoms with van der Waals surface area (Å²) in [5.74, 6) is 0.929. The van der Waals surface area contributed by atoms with Crippen LogP contribution in [0.4, 0.5) is 5.69 Å². The summed E-state index contributed by atoms with van der Waals surface area (Å²) >= 11 is 0. The highest BCUT2D eigenvalue weighted by atomic mass is 32.2. The smallest absolute Gasteiger partial charge is 0.243 e. The second-order valence-corrected chi connectivity index (χ2v) is 8.91. The number of sulfonamides is 1. The van der Waals surface area contributed by atoms with E-state index in [9.17, 15) is 13.2 Å². The van der Waals surface area contributed by atoms with E-state index in [1.807, 2.05) is 31.2 Å². The van der Waals surface area contributed by atoms with Gasteiger partial charge in [-0.25, -0.2) is 8.42 Å². The molecule has 0 aliphatic rings. The van der Waals surface area contributed by atoms with E-state index >= 15 is 0 Å². The Hall–Kier alpha value is -2.74. The van der Waals surface area contributed by atoms with Gasteiger partial charge in [0.05, 0.1) is 26.2 Å².